The van der Waals surface area contributed by atoms with Crippen LogP contribution in [0.3, 0.4) is 0 Å². The van der Waals surface area contributed by atoms with Gasteiger partial charge in [-0.3, -0.25) is 13.9 Å². The summed E-state index contributed by atoms with van der Waals surface area (Å²) in [6, 6.07) is 23.8. The molecule has 0 aliphatic heterocycles. The normalized spacial score (nSPS) is 12.1. The van der Waals surface area contributed by atoms with Crippen molar-refractivity contribution in [1.29, 1.82) is 0 Å². The van der Waals surface area contributed by atoms with Gasteiger partial charge in [0.1, 0.15) is 12.6 Å². The molecule has 0 aromatic heterocycles. The van der Waals surface area contributed by atoms with Crippen LogP contribution in [0.5, 0.6) is 0 Å². The first kappa shape index (κ1) is 28.9. The van der Waals surface area contributed by atoms with E-state index in [2.05, 4.69) is 5.32 Å². The average molecular weight is 536 g/mol. The number of hydrogen-bond donors (Lipinski definition) is 1. The minimum absolute atomic E-state index is 0.0885. The summed E-state index contributed by atoms with van der Waals surface area (Å²) in [4.78, 5) is 28.8. The third-order valence-electron chi connectivity index (χ3n) is 6.17. The zero-order valence-electron chi connectivity index (χ0n) is 22.5. The highest BCUT2D eigenvalue weighted by molar-refractivity contribution is 7.92. The summed E-state index contributed by atoms with van der Waals surface area (Å²) in [7, 11) is -4.06. The molecule has 0 aliphatic rings. The van der Waals surface area contributed by atoms with Crippen molar-refractivity contribution in [2.45, 2.75) is 51.6 Å². The van der Waals surface area contributed by atoms with E-state index in [0.29, 0.717) is 18.7 Å². The van der Waals surface area contributed by atoms with Gasteiger partial charge >= 0.3 is 0 Å². The van der Waals surface area contributed by atoms with Crippen molar-refractivity contribution < 1.29 is 18.0 Å². The van der Waals surface area contributed by atoms with Crippen LogP contribution in [0.2, 0.25) is 0 Å². The molecular weight excluding hydrogens is 498 g/mol. The Labute approximate surface area is 226 Å². The summed E-state index contributed by atoms with van der Waals surface area (Å²) < 4.78 is 28.7. The van der Waals surface area contributed by atoms with Gasteiger partial charge in [-0.25, -0.2) is 8.42 Å². The molecule has 1 N–H and O–H groups in total. The fraction of sp³-hybridized carbons (Fsp3) is 0.333. The fourth-order valence-corrected chi connectivity index (χ4v) is 5.58. The summed E-state index contributed by atoms with van der Waals surface area (Å²) in [6.07, 6.45) is 0.387. The molecule has 1 atom stereocenters. The van der Waals surface area contributed by atoms with E-state index < -0.39 is 28.5 Å². The summed E-state index contributed by atoms with van der Waals surface area (Å²) in [5.74, 6) is -0.456. The first-order chi connectivity index (χ1) is 18.1. The molecule has 38 heavy (non-hydrogen) atoms. The van der Waals surface area contributed by atoms with Crippen LogP contribution in [0.1, 0.15) is 38.3 Å². The molecule has 2 amide bonds. The minimum atomic E-state index is -4.06. The summed E-state index contributed by atoms with van der Waals surface area (Å²) in [5.41, 5.74) is 2.10. The highest BCUT2D eigenvalue weighted by atomic mass is 32.2. The Bertz CT molecular complexity index is 1310. The zero-order valence-corrected chi connectivity index (χ0v) is 23.3. The molecule has 0 aliphatic carbocycles. The van der Waals surface area contributed by atoms with Gasteiger partial charge in [0.25, 0.3) is 10.0 Å². The highest BCUT2D eigenvalue weighted by Gasteiger charge is 2.33. The van der Waals surface area contributed by atoms with Gasteiger partial charge in [-0.1, -0.05) is 81.4 Å². The Morgan fingerprint density at radius 1 is 0.895 bits per heavy atom. The monoisotopic (exact) mass is 535 g/mol. The maximum Gasteiger partial charge on any atom is 0.264 e. The number of aryl methyl sites for hydroxylation is 1. The third kappa shape index (κ3) is 7.44. The summed E-state index contributed by atoms with van der Waals surface area (Å²) in [6.45, 7) is 7.95. The van der Waals surface area contributed by atoms with E-state index in [0.717, 1.165) is 15.4 Å². The highest BCUT2D eigenvalue weighted by Crippen LogP contribution is 2.25. The topological polar surface area (TPSA) is 86.8 Å². The van der Waals surface area contributed by atoms with E-state index in [-0.39, 0.29) is 23.3 Å². The van der Waals surface area contributed by atoms with Crippen molar-refractivity contribution in [3.8, 4) is 0 Å². The number of anilines is 1. The zero-order chi connectivity index (χ0) is 27.7. The molecule has 0 heterocycles. The minimum Gasteiger partial charge on any atom is -0.354 e. The van der Waals surface area contributed by atoms with Crippen molar-refractivity contribution in [2.75, 3.05) is 17.4 Å². The maximum absolute atomic E-state index is 14.0. The van der Waals surface area contributed by atoms with Gasteiger partial charge in [-0.05, 0) is 54.7 Å². The number of carbonyl (C=O) groups excluding carboxylic acids is 2. The Balaban J connectivity index is 2.02. The van der Waals surface area contributed by atoms with Crippen LogP contribution in [-0.2, 0) is 26.2 Å². The van der Waals surface area contributed by atoms with E-state index >= 15 is 0 Å². The van der Waals surface area contributed by atoms with Crippen LogP contribution in [0.25, 0.3) is 0 Å². The molecule has 0 saturated carbocycles. The number of nitrogens with zero attached hydrogens (tertiary/aromatic N) is 2. The lowest BCUT2D eigenvalue weighted by atomic mass is 10.1. The van der Waals surface area contributed by atoms with Crippen LogP contribution in [-0.4, -0.2) is 44.3 Å². The fourth-order valence-electron chi connectivity index (χ4n) is 4.15. The molecule has 0 saturated heterocycles. The molecule has 0 fully saturated rings. The molecule has 202 valence electrons. The average Bonchev–Trinajstić information content (AvgIpc) is 2.91. The number of amides is 2. The lowest BCUT2D eigenvalue weighted by Gasteiger charge is -2.33. The lowest BCUT2D eigenvalue weighted by Crippen LogP contribution is -2.52. The van der Waals surface area contributed by atoms with Gasteiger partial charge in [-0.2, -0.15) is 0 Å². The van der Waals surface area contributed by atoms with E-state index in [1.807, 2.05) is 64.1 Å². The third-order valence-corrected chi connectivity index (χ3v) is 7.95. The van der Waals surface area contributed by atoms with Crippen molar-refractivity contribution in [1.82, 2.24) is 10.2 Å². The van der Waals surface area contributed by atoms with Gasteiger partial charge in [0.15, 0.2) is 0 Å². The number of rotatable bonds is 12. The number of nitrogens with one attached hydrogen (secondary N) is 1. The van der Waals surface area contributed by atoms with Crippen molar-refractivity contribution in [3.63, 3.8) is 0 Å². The predicted molar refractivity (Wildman–Crippen MR) is 151 cm³/mol. The van der Waals surface area contributed by atoms with Crippen LogP contribution in [0, 0.1) is 12.8 Å². The van der Waals surface area contributed by atoms with E-state index in [1.54, 1.807) is 36.4 Å². The molecule has 3 aromatic carbocycles. The standard InChI is InChI=1S/C30H37N3O4S/c1-5-28(30(35)31-20-23(2)3)32(21-25-14-8-6-9-15-25)29(34)22-33(26-16-12-13-24(4)19-26)38(36,37)27-17-10-7-11-18-27/h6-19,23,28H,5,20-22H2,1-4H3,(H,31,35)/t28-/m0/s1. The lowest BCUT2D eigenvalue weighted by molar-refractivity contribution is -0.140. The SMILES string of the molecule is CC[C@@H](C(=O)NCC(C)C)N(Cc1ccccc1)C(=O)CN(c1cccc(C)c1)S(=O)(=O)c1ccccc1. The quantitative estimate of drug-likeness (QED) is 0.362. The Morgan fingerprint density at radius 2 is 1.53 bits per heavy atom. The number of benzene rings is 3. The summed E-state index contributed by atoms with van der Waals surface area (Å²) >= 11 is 0. The van der Waals surface area contributed by atoms with Crippen LogP contribution in [0.4, 0.5) is 5.69 Å². The second-order valence-corrected chi connectivity index (χ2v) is 11.6. The predicted octanol–water partition coefficient (Wildman–Crippen LogP) is 4.77. The maximum atomic E-state index is 14.0. The number of hydrogen-bond acceptors (Lipinski definition) is 4. The molecule has 3 rings (SSSR count). The second kappa shape index (κ2) is 13.2. The molecule has 0 spiro atoms. The van der Waals surface area contributed by atoms with Crippen LogP contribution >= 0.6 is 0 Å². The first-order valence-electron chi connectivity index (χ1n) is 12.9. The van der Waals surface area contributed by atoms with Gasteiger partial charge < -0.3 is 10.2 Å². The van der Waals surface area contributed by atoms with Gasteiger partial charge in [-0.15, -0.1) is 0 Å². The Hall–Kier alpha value is -3.65. The van der Waals surface area contributed by atoms with Gasteiger partial charge in [0, 0.05) is 13.1 Å². The second-order valence-electron chi connectivity index (χ2n) is 9.73. The number of sulfonamides is 1. The smallest absolute Gasteiger partial charge is 0.264 e. The van der Waals surface area contributed by atoms with Crippen LogP contribution in [0.15, 0.2) is 89.8 Å². The Kier molecular flexibility index (Phi) is 10.1. The molecule has 0 radical (unpaired) electrons. The van der Waals surface area contributed by atoms with Crippen molar-refractivity contribution in [3.05, 3.63) is 96.1 Å². The van der Waals surface area contributed by atoms with E-state index in [9.17, 15) is 18.0 Å². The largest absolute Gasteiger partial charge is 0.354 e. The van der Waals surface area contributed by atoms with Gasteiger partial charge in [0.2, 0.25) is 11.8 Å². The molecule has 0 bridgehead atoms. The van der Waals surface area contributed by atoms with Crippen LogP contribution < -0.4 is 9.62 Å². The van der Waals surface area contributed by atoms with Gasteiger partial charge in [0.05, 0.1) is 10.6 Å². The van der Waals surface area contributed by atoms with Crippen molar-refractivity contribution >= 4 is 27.5 Å². The molecule has 8 heteroatoms. The molecule has 7 nitrogen and oxygen atoms in total. The molecular formula is C30H37N3O4S. The Morgan fingerprint density at radius 3 is 2.11 bits per heavy atom. The molecule has 3 aromatic rings. The van der Waals surface area contributed by atoms with E-state index in [4.69, 9.17) is 0 Å². The van der Waals surface area contributed by atoms with E-state index in [1.165, 1.54) is 17.0 Å². The summed E-state index contributed by atoms with van der Waals surface area (Å²) in [5, 5.41) is 2.94. The molecule has 0 unspecified atom stereocenters. The number of carbonyl (C=O) groups is 2. The van der Waals surface area contributed by atoms with Crippen molar-refractivity contribution in [2.24, 2.45) is 5.92 Å². The first-order valence-corrected chi connectivity index (χ1v) is 14.3.